The van der Waals surface area contributed by atoms with Crippen molar-refractivity contribution in [1.29, 1.82) is 0 Å². The Kier molecular flexibility index (Phi) is 12.9. The maximum atomic E-state index is 11.4. The summed E-state index contributed by atoms with van der Waals surface area (Å²) < 4.78 is 5.57. The van der Waals surface area contributed by atoms with Crippen molar-refractivity contribution in [2.45, 2.75) is 6.10 Å². The maximum absolute atomic E-state index is 11.4. The van der Waals surface area contributed by atoms with Gasteiger partial charge in [-0.15, -0.1) is 0 Å². The van der Waals surface area contributed by atoms with Gasteiger partial charge in [0.2, 0.25) is 0 Å². The van der Waals surface area contributed by atoms with Gasteiger partial charge in [0.25, 0.3) is 0 Å². The summed E-state index contributed by atoms with van der Waals surface area (Å²) in [5.74, 6) is -3.71. The van der Waals surface area contributed by atoms with Crippen molar-refractivity contribution in [3.05, 3.63) is 29.8 Å². The molecule has 0 aromatic heterocycles. The smallest absolute Gasteiger partial charge is 0.335 e. The highest BCUT2D eigenvalue weighted by Crippen LogP contribution is 2.13. The van der Waals surface area contributed by atoms with Crippen LogP contribution in [0.15, 0.2) is 24.3 Å². The fourth-order valence-corrected chi connectivity index (χ4v) is 4.05. The molecule has 14 nitrogen and oxygen atoms in total. The topological polar surface area (TPSA) is 192 Å². The summed E-state index contributed by atoms with van der Waals surface area (Å²) in [5.41, 5.74) is 0.111. The molecule has 1 atom stereocenters. The molecular weight excluding hydrogens is 504 g/mol. The van der Waals surface area contributed by atoms with Crippen LogP contribution in [0.1, 0.15) is 10.4 Å². The van der Waals surface area contributed by atoms with E-state index in [4.69, 9.17) is 9.84 Å². The molecule has 1 heterocycles. The second-order valence-electron chi connectivity index (χ2n) is 9.10. The first-order valence-corrected chi connectivity index (χ1v) is 12.2. The minimum absolute atomic E-state index is 0.0647. The van der Waals surface area contributed by atoms with Gasteiger partial charge < -0.3 is 30.3 Å². The molecule has 0 amide bonds. The van der Waals surface area contributed by atoms with Crippen molar-refractivity contribution in [3.8, 4) is 5.75 Å². The second-order valence-corrected chi connectivity index (χ2v) is 9.10. The fraction of sp³-hybridized carbons (Fsp3) is 0.583. The van der Waals surface area contributed by atoms with E-state index in [9.17, 15) is 39.6 Å². The average Bonchev–Trinajstić information content (AvgIpc) is 2.83. The van der Waals surface area contributed by atoms with Gasteiger partial charge in [0.1, 0.15) is 18.5 Å². The minimum atomic E-state index is -1.06. The molecule has 1 saturated heterocycles. The number of rotatable bonds is 12. The molecule has 1 aliphatic rings. The third-order valence-corrected chi connectivity index (χ3v) is 6.02. The van der Waals surface area contributed by atoms with Crippen molar-refractivity contribution in [3.63, 3.8) is 0 Å². The van der Waals surface area contributed by atoms with Gasteiger partial charge in [-0.3, -0.25) is 34.0 Å². The second kappa shape index (κ2) is 15.8. The van der Waals surface area contributed by atoms with Crippen molar-refractivity contribution in [2.24, 2.45) is 0 Å². The van der Waals surface area contributed by atoms with Crippen LogP contribution in [0.3, 0.4) is 0 Å². The Bertz CT molecular complexity index is 897. The number of carbonyl (C=O) groups is 4. The van der Waals surface area contributed by atoms with Crippen molar-refractivity contribution >= 4 is 23.9 Å². The summed E-state index contributed by atoms with van der Waals surface area (Å²) in [7, 11) is 0. The molecular formula is C24H36N4O10. The summed E-state index contributed by atoms with van der Waals surface area (Å²) in [5, 5.41) is 47.4. The lowest BCUT2D eigenvalue weighted by Gasteiger charge is -2.33. The molecule has 212 valence electrons. The normalized spacial score (nSPS) is 18.1. The molecule has 0 bridgehead atoms. The zero-order chi connectivity index (χ0) is 28.1. The summed E-state index contributed by atoms with van der Waals surface area (Å²) >= 11 is 0. The van der Waals surface area contributed by atoms with Gasteiger partial charge >= 0.3 is 23.9 Å². The third kappa shape index (κ3) is 12.3. The molecule has 0 spiro atoms. The molecule has 0 aliphatic carbocycles. The highest BCUT2D eigenvalue weighted by atomic mass is 16.5. The summed E-state index contributed by atoms with van der Waals surface area (Å²) in [6, 6.07) is 5.78. The van der Waals surface area contributed by atoms with Crippen LogP contribution in [0.25, 0.3) is 0 Å². The van der Waals surface area contributed by atoms with Gasteiger partial charge in [-0.25, -0.2) is 4.79 Å². The first-order valence-electron chi connectivity index (χ1n) is 12.2. The van der Waals surface area contributed by atoms with Crippen LogP contribution in [0.5, 0.6) is 5.75 Å². The van der Waals surface area contributed by atoms with Gasteiger partial charge in [0.15, 0.2) is 0 Å². The Morgan fingerprint density at radius 3 is 1.37 bits per heavy atom. The fourth-order valence-electron chi connectivity index (χ4n) is 4.05. The average molecular weight is 541 g/mol. The standard InChI is InChI=1S/C24H36N4O10/c29-19(17-38-20-3-1-18(2-4-20)24(36)37)13-25-5-7-26(14-21(30)31)9-11-28(16-23(34)35)12-10-27(8-6-25)15-22(32)33/h1-4,19,29H,5-17H2,(H,30,31)(H,32,33)(H,34,35)(H,36,37). The summed E-state index contributed by atoms with van der Waals surface area (Å²) in [4.78, 5) is 52.0. The Labute approximate surface area is 220 Å². The zero-order valence-corrected chi connectivity index (χ0v) is 21.1. The van der Waals surface area contributed by atoms with Gasteiger partial charge in [-0.05, 0) is 24.3 Å². The van der Waals surface area contributed by atoms with Gasteiger partial charge in [-0.2, -0.15) is 0 Å². The van der Waals surface area contributed by atoms with E-state index in [2.05, 4.69) is 0 Å². The molecule has 14 heteroatoms. The number of aliphatic hydroxyl groups is 1. The predicted molar refractivity (Wildman–Crippen MR) is 134 cm³/mol. The van der Waals surface area contributed by atoms with Crippen LogP contribution in [0.4, 0.5) is 0 Å². The van der Waals surface area contributed by atoms with Crippen LogP contribution >= 0.6 is 0 Å². The van der Waals surface area contributed by atoms with Crippen molar-refractivity contribution in [1.82, 2.24) is 19.6 Å². The number of aliphatic hydroxyl groups excluding tert-OH is 1. The lowest BCUT2D eigenvalue weighted by atomic mass is 10.2. The number of hydrogen-bond donors (Lipinski definition) is 5. The Hall–Kier alpha value is -3.30. The molecule has 0 radical (unpaired) electrons. The van der Waals surface area contributed by atoms with E-state index in [0.717, 1.165) is 0 Å². The molecule has 1 aromatic rings. The van der Waals surface area contributed by atoms with Gasteiger partial charge in [-0.1, -0.05) is 0 Å². The van der Waals surface area contributed by atoms with E-state index in [1.165, 1.54) is 24.3 Å². The van der Waals surface area contributed by atoms with Gasteiger partial charge in [0, 0.05) is 58.9 Å². The quantitative estimate of drug-likeness (QED) is 0.208. The number of benzene rings is 1. The molecule has 38 heavy (non-hydrogen) atoms. The summed E-state index contributed by atoms with van der Waals surface area (Å²) in [6.07, 6.45) is -0.922. The minimum Gasteiger partial charge on any atom is -0.491 e. The van der Waals surface area contributed by atoms with E-state index in [1.807, 2.05) is 4.90 Å². The SMILES string of the molecule is O=C(O)CN1CCN(CC(=O)O)CCN(CC(O)COc2ccc(C(=O)O)cc2)CCN(CC(=O)O)CC1. The molecule has 1 aliphatic heterocycles. The third-order valence-electron chi connectivity index (χ3n) is 6.02. The summed E-state index contributed by atoms with van der Waals surface area (Å²) in [6.45, 7) is 2.12. The van der Waals surface area contributed by atoms with E-state index >= 15 is 0 Å². The largest absolute Gasteiger partial charge is 0.491 e. The van der Waals surface area contributed by atoms with Crippen molar-refractivity contribution < 1.29 is 49.4 Å². The number of carboxylic acids is 4. The number of carboxylic acid groups (broad SMARTS) is 4. The predicted octanol–water partition coefficient (Wildman–Crippen LogP) is -1.40. The monoisotopic (exact) mass is 540 g/mol. The van der Waals surface area contributed by atoms with E-state index in [1.54, 1.807) is 14.7 Å². The Balaban J connectivity index is 2.05. The molecule has 1 unspecified atom stereocenters. The van der Waals surface area contributed by atoms with Crippen molar-refractivity contribution in [2.75, 3.05) is 85.1 Å². The van der Waals surface area contributed by atoms with E-state index in [-0.39, 0.29) is 38.3 Å². The first-order chi connectivity index (χ1) is 18.0. The molecule has 5 N–H and O–H groups in total. The van der Waals surface area contributed by atoms with Crippen LogP contribution in [0, 0.1) is 0 Å². The number of hydrogen-bond acceptors (Lipinski definition) is 10. The molecule has 1 fully saturated rings. The molecule has 1 aromatic carbocycles. The number of β-amino-alcohol motifs (C(OH)–C–C–N with tert-alkyl or cyclic N) is 1. The number of aromatic carboxylic acids is 1. The van der Waals surface area contributed by atoms with Crippen LogP contribution in [-0.4, -0.2) is 160 Å². The highest BCUT2D eigenvalue weighted by Gasteiger charge is 2.21. The van der Waals surface area contributed by atoms with Crippen LogP contribution in [0.2, 0.25) is 0 Å². The number of ether oxygens (including phenoxy) is 1. The lowest BCUT2D eigenvalue weighted by Crippen LogP contribution is -2.49. The van der Waals surface area contributed by atoms with Crippen LogP contribution < -0.4 is 4.74 Å². The highest BCUT2D eigenvalue weighted by molar-refractivity contribution is 5.87. The Morgan fingerprint density at radius 2 is 1.03 bits per heavy atom. The van der Waals surface area contributed by atoms with E-state index in [0.29, 0.717) is 58.1 Å². The number of nitrogens with zero attached hydrogens (tertiary/aromatic N) is 4. The zero-order valence-electron chi connectivity index (χ0n) is 21.1. The van der Waals surface area contributed by atoms with E-state index < -0.39 is 30.0 Å². The first kappa shape index (κ1) is 30.9. The Morgan fingerprint density at radius 1 is 0.658 bits per heavy atom. The van der Waals surface area contributed by atoms with Crippen LogP contribution in [-0.2, 0) is 14.4 Å². The molecule has 0 saturated carbocycles. The lowest BCUT2D eigenvalue weighted by molar-refractivity contribution is -0.140. The maximum Gasteiger partial charge on any atom is 0.335 e. The molecule has 2 rings (SSSR count). The number of aliphatic carboxylic acids is 3. The van der Waals surface area contributed by atoms with Gasteiger partial charge in [0.05, 0.1) is 25.2 Å².